The molecule has 0 atom stereocenters. The van der Waals surface area contributed by atoms with Crippen LogP contribution in [-0.2, 0) is 0 Å². The average Bonchev–Trinajstić information content (AvgIpc) is 3.76. The van der Waals surface area contributed by atoms with Gasteiger partial charge in [0.25, 0.3) is 0 Å². The molecule has 4 heteroatoms. The Hall–Kier alpha value is -4.74. The van der Waals surface area contributed by atoms with Gasteiger partial charge in [0.1, 0.15) is 0 Å². The fourth-order valence-corrected chi connectivity index (χ4v) is 10.3. The summed E-state index contributed by atoms with van der Waals surface area (Å²) in [6, 6.07) is 51.7. The number of thiophene rings is 3. The van der Waals surface area contributed by atoms with Gasteiger partial charge in [0.15, 0.2) is 0 Å². The summed E-state index contributed by atoms with van der Waals surface area (Å²) in [5, 5.41) is 10.5. The molecule has 44 heavy (non-hydrogen) atoms. The number of nitrogens with zero attached hydrogens (tertiary/aromatic N) is 1. The minimum absolute atomic E-state index is 1.18. The van der Waals surface area contributed by atoms with Gasteiger partial charge in [-0.25, -0.2) is 0 Å². The van der Waals surface area contributed by atoms with E-state index < -0.39 is 0 Å². The Morgan fingerprint density at radius 3 is 1.84 bits per heavy atom. The number of hydrogen-bond acceptors (Lipinski definition) is 4. The molecule has 206 valence electrons. The summed E-state index contributed by atoms with van der Waals surface area (Å²) in [5.41, 5.74) is 3.57. The SMILES string of the molecule is c1ccc2c(c1)ccc1sc3c(N(c4ccc5c(c4)sc4ccccc45)c4ccc5sc6ccccc6c5c4)cccc3c12. The lowest BCUT2D eigenvalue weighted by molar-refractivity contribution is 1.32. The van der Waals surface area contributed by atoms with E-state index in [1.807, 2.05) is 34.0 Å². The van der Waals surface area contributed by atoms with E-state index in [4.69, 9.17) is 0 Å². The van der Waals surface area contributed by atoms with Crippen molar-refractivity contribution in [2.24, 2.45) is 0 Å². The van der Waals surface area contributed by atoms with E-state index >= 15 is 0 Å². The van der Waals surface area contributed by atoms with Crippen molar-refractivity contribution in [1.82, 2.24) is 0 Å². The molecule has 0 radical (unpaired) electrons. The molecule has 10 aromatic rings. The minimum Gasteiger partial charge on any atom is -0.309 e. The molecule has 0 amide bonds. The van der Waals surface area contributed by atoms with Gasteiger partial charge in [0.2, 0.25) is 0 Å². The quantitative estimate of drug-likeness (QED) is 0.192. The summed E-state index contributed by atoms with van der Waals surface area (Å²) in [4.78, 5) is 2.48. The van der Waals surface area contributed by atoms with Crippen molar-refractivity contribution in [3.8, 4) is 0 Å². The van der Waals surface area contributed by atoms with Crippen molar-refractivity contribution < 1.29 is 0 Å². The Bertz CT molecular complexity index is 2740. The third-order valence-corrected chi connectivity index (χ3v) is 12.3. The van der Waals surface area contributed by atoms with Gasteiger partial charge in [-0.1, -0.05) is 84.9 Å². The zero-order chi connectivity index (χ0) is 28.8. The number of benzene rings is 7. The topological polar surface area (TPSA) is 3.24 Å². The molecule has 0 aliphatic rings. The number of rotatable bonds is 3. The Balaban J connectivity index is 1.28. The van der Waals surface area contributed by atoms with Crippen LogP contribution >= 0.6 is 34.0 Å². The summed E-state index contributed by atoms with van der Waals surface area (Å²) in [6.45, 7) is 0. The minimum atomic E-state index is 1.18. The smallest absolute Gasteiger partial charge is 0.0640 e. The van der Waals surface area contributed by atoms with Gasteiger partial charge in [-0.05, 0) is 65.4 Å². The maximum atomic E-state index is 2.48. The maximum absolute atomic E-state index is 2.48. The van der Waals surface area contributed by atoms with Crippen LogP contribution in [-0.4, -0.2) is 0 Å². The van der Waals surface area contributed by atoms with Crippen molar-refractivity contribution in [3.63, 3.8) is 0 Å². The molecule has 3 aromatic heterocycles. The lowest BCUT2D eigenvalue weighted by Gasteiger charge is -2.26. The van der Waals surface area contributed by atoms with E-state index in [0.717, 1.165) is 0 Å². The summed E-state index contributed by atoms with van der Waals surface area (Å²) in [6.07, 6.45) is 0. The van der Waals surface area contributed by atoms with Crippen molar-refractivity contribution in [2.45, 2.75) is 0 Å². The normalized spacial score (nSPS) is 12.1. The Morgan fingerprint density at radius 2 is 0.977 bits per heavy atom. The van der Waals surface area contributed by atoms with Gasteiger partial charge in [-0.15, -0.1) is 34.0 Å². The monoisotopic (exact) mass is 613 g/mol. The lowest BCUT2D eigenvalue weighted by Crippen LogP contribution is -2.09. The maximum Gasteiger partial charge on any atom is 0.0640 e. The largest absolute Gasteiger partial charge is 0.309 e. The second-order valence-corrected chi connectivity index (χ2v) is 14.5. The van der Waals surface area contributed by atoms with Gasteiger partial charge in [0.05, 0.1) is 10.4 Å². The van der Waals surface area contributed by atoms with Crippen LogP contribution in [0.15, 0.2) is 140 Å². The molecule has 10 rings (SSSR count). The van der Waals surface area contributed by atoms with E-state index in [2.05, 4.69) is 144 Å². The molecule has 3 heterocycles. The second-order valence-electron chi connectivity index (χ2n) is 11.3. The Morgan fingerprint density at radius 1 is 0.364 bits per heavy atom. The highest BCUT2D eigenvalue weighted by molar-refractivity contribution is 7.27. The molecule has 0 N–H and O–H groups in total. The molecule has 1 nitrogen and oxygen atoms in total. The first-order valence-corrected chi connectivity index (χ1v) is 17.2. The number of hydrogen-bond donors (Lipinski definition) is 0. The highest BCUT2D eigenvalue weighted by Crippen LogP contribution is 2.48. The van der Waals surface area contributed by atoms with Gasteiger partial charge >= 0.3 is 0 Å². The number of fused-ring (bicyclic) bond motifs is 11. The lowest BCUT2D eigenvalue weighted by atomic mass is 10.0. The van der Waals surface area contributed by atoms with Gasteiger partial charge in [0, 0.05) is 67.2 Å². The fraction of sp³-hybridized carbons (Fsp3) is 0. The van der Waals surface area contributed by atoms with Gasteiger partial charge in [-0.2, -0.15) is 0 Å². The third-order valence-electron chi connectivity index (χ3n) is 8.85. The van der Waals surface area contributed by atoms with Crippen LogP contribution in [0.4, 0.5) is 17.1 Å². The first-order valence-electron chi connectivity index (χ1n) is 14.8. The Labute approximate surface area is 265 Å². The van der Waals surface area contributed by atoms with Crippen LogP contribution in [0.25, 0.3) is 71.3 Å². The Kier molecular flexibility index (Phi) is 5.26. The zero-order valence-corrected chi connectivity index (χ0v) is 25.9. The third kappa shape index (κ3) is 3.56. The van der Waals surface area contributed by atoms with Crippen LogP contribution in [0, 0.1) is 0 Å². The summed E-state index contributed by atoms with van der Waals surface area (Å²) in [7, 11) is 0. The summed E-state index contributed by atoms with van der Waals surface area (Å²) >= 11 is 5.64. The fourth-order valence-electron chi connectivity index (χ4n) is 6.86. The molecule has 0 bridgehead atoms. The van der Waals surface area contributed by atoms with Crippen molar-refractivity contribution in [3.05, 3.63) is 140 Å². The predicted molar refractivity (Wildman–Crippen MR) is 197 cm³/mol. The molecule has 0 unspecified atom stereocenters. The summed E-state index contributed by atoms with van der Waals surface area (Å²) in [5.74, 6) is 0. The summed E-state index contributed by atoms with van der Waals surface area (Å²) < 4.78 is 7.93. The predicted octanol–water partition coefficient (Wildman–Crippen LogP) is 13.4. The number of anilines is 3. The highest BCUT2D eigenvalue weighted by atomic mass is 32.1. The van der Waals surface area contributed by atoms with Gasteiger partial charge < -0.3 is 4.90 Å². The first-order chi connectivity index (χ1) is 21.8. The average molecular weight is 614 g/mol. The van der Waals surface area contributed by atoms with E-state index in [0.29, 0.717) is 0 Å². The second kappa shape index (κ2) is 9.38. The molecular weight excluding hydrogens is 591 g/mol. The van der Waals surface area contributed by atoms with E-state index in [1.165, 1.54) is 88.4 Å². The zero-order valence-electron chi connectivity index (χ0n) is 23.5. The molecule has 0 saturated carbocycles. The van der Waals surface area contributed by atoms with Crippen molar-refractivity contribution in [2.75, 3.05) is 4.90 Å². The van der Waals surface area contributed by atoms with Crippen LogP contribution < -0.4 is 4.90 Å². The van der Waals surface area contributed by atoms with E-state index in [-0.39, 0.29) is 0 Å². The van der Waals surface area contributed by atoms with Crippen molar-refractivity contribution >= 4 is 122 Å². The molecule has 0 fully saturated rings. The standard InChI is InChI=1S/C40H23NS3/c1-2-9-27-24(8-1)16-20-37-39(27)31-12-7-13-33(40(31)44-37)41(25-18-21-36-32(22-25)29-11-4-6-15-35(29)42-36)26-17-19-30-28-10-3-5-14-34(28)43-38(30)23-26/h1-23H. The van der Waals surface area contributed by atoms with Crippen LogP contribution in [0.1, 0.15) is 0 Å². The van der Waals surface area contributed by atoms with E-state index in [9.17, 15) is 0 Å². The van der Waals surface area contributed by atoms with Crippen LogP contribution in [0.5, 0.6) is 0 Å². The van der Waals surface area contributed by atoms with E-state index in [1.54, 1.807) is 0 Å². The van der Waals surface area contributed by atoms with Crippen LogP contribution in [0.2, 0.25) is 0 Å². The van der Waals surface area contributed by atoms with Crippen molar-refractivity contribution in [1.29, 1.82) is 0 Å². The molecule has 0 spiro atoms. The highest BCUT2D eigenvalue weighted by Gasteiger charge is 2.21. The van der Waals surface area contributed by atoms with Crippen LogP contribution in [0.3, 0.4) is 0 Å². The first kappa shape index (κ1) is 24.7. The molecular formula is C40H23NS3. The van der Waals surface area contributed by atoms with Gasteiger partial charge in [-0.3, -0.25) is 0 Å². The molecule has 7 aromatic carbocycles. The molecule has 0 aliphatic carbocycles. The molecule has 0 aliphatic heterocycles. The molecule has 0 saturated heterocycles.